The van der Waals surface area contributed by atoms with Crippen LogP contribution in [0, 0.1) is 5.82 Å². The van der Waals surface area contributed by atoms with E-state index in [4.69, 9.17) is 4.52 Å². The molecule has 30 heavy (non-hydrogen) atoms. The Hall–Kier alpha value is -3.29. The van der Waals surface area contributed by atoms with Gasteiger partial charge in [-0.25, -0.2) is 9.37 Å². The van der Waals surface area contributed by atoms with Crippen molar-refractivity contribution in [3.05, 3.63) is 58.7 Å². The Morgan fingerprint density at radius 1 is 1.17 bits per heavy atom. The number of aromatic nitrogens is 2. The maximum Gasteiger partial charge on any atom is 0.259 e. The van der Waals surface area contributed by atoms with Gasteiger partial charge in [-0.05, 0) is 49.6 Å². The summed E-state index contributed by atoms with van der Waals surface area (Å²) in [6, 6.07) is 7.39. The number of nitrogens with zero attached hydrogens (tertiary/aromatic N) is 3. The number of benzene rings is 1. The summed E-state index contributed by atoms with van der Waals surface area (Å²) in [6.07, 6.45) is 2.83. The van der Waals surface area contributed by atoms with Crippen molar-refractivity contribution < 1.29 is 18.5 Å². The van der Waals surface area contributed by atoms with Crippen LogP contribution in [0.2, 0.25) is 0 Å². The largest absolute Gasteiger partial charge is 0.355 e. The summed E-state index contributed by atoms with van der Waals surface area (Å²) in [5.41, 5.74) is 2.86. The van der Waals surface area contributed by atoms with Gasteiger partial charge in [-0.1, -0.05) is 5.16 Å². The molecule has 154 valence electrons. The maximum absolute atomic E-state index is 13.2. The molecule has 2 aliphatic rings. The molecule has 1 aliphatic carbocycles. The Balaban J connectivity index is 1.46. The number of halogens is 1. The molecule has 2 amide bonds. The number of hydrogen-bond acceptors (Lipinski definition) is 5. The van der Waals surface area contributed by atoms with Crippen LogP contribution in [0.5, 0.6) is 0 Å². The van der Waals surface area contributed by atoms with Crippen LogP contribution in [-0.2, 0) is 0 Å². The van der Waals surface area contributed by atoms with Crippen LogP contribution < -0.4 is 5.32 Å². The minimum atomic E-state index is -0.375. The Kier molecular flexibility index (Phi) is 4.49. The van der Waals surface area contributed by atoms with Gasteiger partial charge in [0.15, 0.2) is 0 Å². The lowest BCUT2D eigenvalue weighted by atomic mass is 9.98. The van der Waals surface area contributed by atoms with Crippen molar-refractivity contribution in [3.8, 4) is 0 Å². The summed E-state index contributed by atoms with van der Waals surface area (Å²) in [5.74, 6) is -0.411. The second-order valence-corrected chi connectivity index (χ2v) is 7.94. The van der Waals surface area contributed by atoms with Crippen LogP contribution in [0.3, 0.4) is 0 Å². The fraction of sp³-hybridized carbons (Fsp3) is 0.364. The van der Waals surface area contributed by atoms with Gasteiger partial charge in [0.25, 0.3) is 17.5 Å². The van der Waals surface area contributed by atoms with E-state index in [1.807, 2.05) is 6.07 Å². The Labute approximate surface area is 172 Å². The molecule has 0 bridgehead atoms. The highest BCUT2D eigenvalue weighted by Gasteiger charge is 2.34. The number of pyridine rings is 1. The fourth-order valence-corrected chi connectivity index (χ4v) is 4.12. The molecule has 1 saturated heterocycles. The molecule has 2 aromatic heterocycles. The molecular weight excluding hydrogens is 387 g/mol. The van der Waals surface area contributed by atoms with Crippen LogP contribution in [-0.4, -0.2) is 47.0 Å². The second kappa shape index (κ2) is 7.19. The number of carbonyl (C=O) groups excluding carboxylic acids is 2. The van der Waals surface area contributed by atoms with Gasteiger partial charge in [0, 0.05) is 43.2 Å². The third kappa shape index (κ3) is 3.22. The van der Waals surface area contributed by atoms with E-state index < -0.39 is 0 Å². The summed E-state index contributed by atoms with van der Waals surface area (Å²) in [7, 11) is 1.59. The molecule has 1 N–H and O–H groups in total. The van der Waals surface area contributed by atoms with Crippen molar-refractivity contribution in [1.29, 1.82) is 0 Å². The van der Waals surface area contributed by atoms with Crippen molar-refractivity contribution >= 4 is 22.9 Å². The number of likely N-dealkylation sites (tertiary alicyclic amines) is 1. The SMILES string of the molecule is CNC(=O)c1cc(C2CC2)nc2onc(C3CCN(C(=O)c4ccc(F)cc4)C3)c12. The average Bonchev–Trinajstić information content (AvgIpc) is 3.35. The number of carbonyl (C=O) groups is 2. The van der Waals surface area contributed by atoms with E-state index in [2.05, 4.69) is 15.5 Å². The van der Waals surface area contributed by atoms with Gasteiger partial charge in [-0.3, -0.25) is 9.59 Å². The smallest absolute Gasteiger partial charge is 0.259 e. The minimum Gasteiger partial charge on any atom is -0.355 e. The van der Waals surface area contributed by atoms with Crippen molar-refractivity contribution in [2.45, 2.75) is 31.1 Å². The predicted molar refractivity (Wildman–Crippen MR) is 107 cm³/mol. The fourth-order valence-electron chi connectivity index (χ4n) is 4.12. The number of rotatable bonds is 4. The van der Waals surface area contributed by atoms with Crippen LogP contribution in [0.15, 0.2) is 34.9 Å². The second-order valence-electron chi connectivity index (χ2n) is 7.94. The standard InChI is InChI=1S/C22H21FN4O3/c1-24-20(28)16-10-17(12-2-3-12)25-21-18(16)19(26-30-21)14-8-9-27(11-14)22(29)13-4-6-15(23)7-5-13/h4-7,10,12,14H,2-3,8-9,11H2,1H3,(H,24,28). The Morgan fingerprint density at radius 3 is 2.63 bits per heavy atom. The number of amides is 2. The topological polar surface area (TPSA) is 88.3 Å². The van der Waals surface area contributed by atoms with Crippen LogP contribution >= 0.6 is 0 Å². The van der Waals surface area contributed by atoms with Gasteiger partial charge < -0.3 is 14.7 Å². The highest BCUT2D eigenvalue weighted by Crippen LogP contribution is 2.41. The molecule has 1 aromatic carbocycles. The number of hydrogen-bond donors (Lipinski definition) is 1. The summed E-state index contributed by atoms with van der Waals surface area (Å²) in [5, 5.41) is 7.56. The summed E-state index contributed by atoms with van der Waals surface area (Å²) in [4.78, 5) is 31.7. The van der Waals surface area contributed by atoms with E-state index >= 15 is 0 Å². The lowest BCUT2D eigenvalue weighted by molar-refractivity contribution is 0.0790. The zero-order valence-corrected chi connectivity index (χ0v) is 16.5. The van der Waals surface area contributed by atoms with E-state index in [1.165, 1.54) is 24.3 Å². The van der Waals surface area contributed by atoms with Gasteiger partial charge in [-0.15, -0.1) is 0 Å². The molecular formula is C22H21FN4O3. The molecule has 0 radical (unpaired) electrons. The zero-order chi connectivity index (χ0) is 20.8. The van der Waals surface area contributed by atoms with Crippen molar-refractivity contribution in [1.82, 2.24) is 20.4 Å². The lowest BCUT2D eigenvalue weighted by Crippen LogP contribution is -2.28. The predicted octanol–water partition coefficient (Wildman–Crippen LogP) is 3.23. The first-order valence-electron chi connectivity index (χ1n) is 10.1. The highest BCUT2D eigenvalue weighted by molar-refractivity contribution is 6.06. The maximum atomic E-state index is 13.2. The first-order chi connectivity index (χ1) is 14.5. The monoisotopic (exact) mass is 408 g/mol. The van der Waals surface area contributed by atoms with E-state index in [0.29, 0.717) is 53.3 Å². The molecule has 1 atom stereocenters. The summed E-state index contributed by atoms with van der Waals surface area (Å²) >= 11 is 0. The molecule has 7 nitrogen and oxygen atoms in total. The Morgan fingerprint density at radius 2 is 1.93 bits per heavy atom. The van der Waals surface area contributed by atoms with Crippen LogP contribution in [0.25, 0.3) is 11.1 Å². The Bertz CT molecular complexity index is 1140. The molecule has 3 heterocycles. The van der Waals surface area contributed by atoms with Crippen molar-refractivity contribution in [2.24, 2.45) is 0 Å². The first kappa shape index (κ1) is 18.7. The molecule has 0 spiro atoms. The van der Waals surface area contributed by atoms with E-state index in [1.54, 1.807) is 11.9 Å². The molecule has 5 rings (SSSR count). The average molecular weight is 408 g/mol. The first-order valence-corrected chi connectivity index (χ1v) is 10.1. The van der Waals surface area contributed by atoms with Crippen LogP contribution in [0.1, 0.15) is 63.2 Å². The number of fused-ring (bicyclic) bond motifs is 1. The normalized spacial score (nSPS) is 18.7. The molecule has 3 aromatic rings. The molecule has 1 aliphatic heterocycles. The summed E-state index contributed by atoms with van der Waals surface area (Å²) in [6.45, 7) is 1.01. The van der Waals surface area contributed by atoms with Crippen LogP contribution in [0.4, 0.5) is 4.39 Å². The number of nitrogens with one attached hydrogen (secondary N) is 1. The van der Waals surface area contributed by atoms with Crippen molar-refractivity contribution in [3.63, 3.8) is 0 Å². The zero-order valence-electron chi connectivity index (χ0n) is 16.5. The third-order valence-corrected chi connectivity index (χ3v) is 5.91. The molecule has 8 heteroatoms. The van der Waals surface area contributed by atoms with Gasteiger partial charge in [0.1, 0.15) is 5.82 Å². The van der Waals surface area contributed by atoms with Gasteiger partial charge in [0.05, 0.1) is 16.6 Å². The summed E-state index contributed by atoms with van der Waals surface area (Å²) < 4.78 is 18.7. The molecule has 2 fully saturated rings. The van der Waals surface area contributed by atoms with Crippen molar-refractivity contribution in [2.75, 3.05) is 20.1 Å². The van der Waals surface area contributed by atoms with Gasteiger partial charge in [0.2, 0.25) is 0 Å². The van der Waals surface area contributed by atoms with E-state index in [-0.39, 0.29) is 23.5 Å². The minimum absolute atomic E-state index is 0.0624. The van der Waals surface area contributed by atoms with Gasteiger partial charge >= 0.3 is 0 Å². The third-order valence-electron chi connectivity index (χ3n) is 5.91. The van der Waals surface area contributed by atoms with Gasteiger partial charge in [-0.2, -0.15) is 0 Å². The molecule has 1 saturated carbocycles. The highest BCUT2D eigenvalue weighted by atomic mass is 19.1. The van der Waals surface area contributed by atoms with E-state index in [9.17, 15) is 14.0 Å². The molecule has 1 unspecified atom stereocenters. The lowest BCUT2D eigenvalue weighted by Gasteiger charge is -2.16. The quantitative estimate of drug-likeness (QED) is 0.716. The van der Waals surface area contributed by atoms with E-state index in [0.717, 1.165) is 18.5 Å².